The Kier molecular flexibility index (Phi) is 2.84. The quantitative estimate of drug-likeness (QED) is 0.810. The van der Waals surface area contributed by atoms with E-state index in [9.17, 15) is 4.79 Å². The van der Waals surface area contributed by atoms with Crippen LogP contribution in [0.4, 0.5) is 0 Å². The van der Waals surface area contributed by atoms with Crippen molar-refractivity contribution in [1.82, 2.24) is 5.32 Å². The molecule has 2 unspecified atom stereocenters. The molecule has 2 aliphatic rings. The molecule has 1 N–H and O–H groups in total. The lowest BCUT2D eigenvalue weighted by molar-refractivity contribution is -0.124. The first-order valence-corrected chi connectivity index (χ1v) is 6.31. The molecule has 2 aliphatic heterocycles. The second-order valence-electron chi connectivity index (χ2n) is 5.03. The van der Waals surface area contributed by atoms with Crippen molar-refractivity contribution < 1.29 is 14.3 Å². The molecule has 96 valence electrons. The van der Waals surface area contributed by atoms with Gasteiger partial charge in [-0.25, -0.2) is 0 Å². The molecule has 1 fully saturated rings. The molecule has 0 spiro atoms. The van der Waals surface area contributed by atoms with E-state index in [0.29, 0.717) is 19.8 Å². The second-order valence-corrected chi connectivity index (χ2v) is 5.03. The molecule has 1 saturated heterocycles. The van der Waals surface area contributed by atoms with Gasteiger partial charge in [0.25, 0.3) is 5.91 Å². The third-order valence-electron chi connectivity index (χ3n) is 3.60. The summed E-state index contributed by atoms with van der Waals surface area (Å²) in [6.45, 7) is 3.75. The smallest absolute Gasteiger partial charge is 0.251 e. The molecule has 0 aliphatic carbocycles. The summed E-state index contributed by atoms with van der Waals surface area (Å²) in [5.74, 6) is -0.0390. The summed E-state index contributed by atoms with van der Waals surface area (Å²) in [7, 11) is 0. The molecule has 2 atom stereocenters. The molecule has 4 heteroatoms. The SMILES string of the molecule is CC1(CNC(=O)C2CO2)OCCc2ccccc21. The molecule has 1 amide bonds. The first kappa shape index (κ1) is 11.7. The van der Waals surface area contributed by atoms with Gasteiger partial charge in [-0.05, 0) is 24.5 Å². The highest BCUT2D eigenvalue weighted by molar-refractivity contribution is 5.82. The van der Waals surface area contributed by atoms with Crippen molar-refractivity contribution >= 4 is 5.91 Å². The maximum Gasteiger partial charge on any atom is 0.251 e. The zero-order valence-corrected chi connectivity index (χ0v) is 10.4. The number of amides is 1. The third-order valence-corrected chi connectivity index (χ3v) is 3.60. The number of hydrogen-bond acceptors (Lipinski definition) is 3. The van der Waals surface area contributed by atoms with Gasteiger partial charge < -0.3 is 14.8 Å². The van der Waals surface area contributed by atoms with E-state index < -0.39 is 5.60 Å². The molecule has 0 saturated carbocycles. The molecular weight excluding hydrogens is 230 g/mol. The number of hydrogen-bond donors (Lipinski definition) is 1. The van der Waals surface area contributed by atoms with Gasteiger partial charge in [-0.15, -0.1) is 0 Å². The van der Waals surface area contributed by atoms with Gasteiger partial charge in [-0.2, -0.15) is 0 Å². The van der Waals surface area contributed by atoms with Crippen molar-refractivity contribution in [3.8, 4) is 0 Å². The van der Waals surface area contributed by atoms with Crippen LogP contribution in [0, 0.1) is 0 Å². The molecular formula is C14H17NO3. The summed E-state index contributed by atoms with van der Waals surface area (Å²) in [5, 5.41) is 2.91. The topological polar surface area (TPSA) is 50.9 Å². The summed E-state index contributed by atoms with van der Waals surface area (Å²) >= 11 is 0. The largest absolute Gasteiger partial charge is 0.368 e. The maximum absolute atomic E-state index is 11.6. The summed E-state index contributed by atoms with van der Waals surface area (Å²) < 4.78 is 10.8. The van der Waals surface area contributed by atoms with Crippen LogP contribution < -0.4 is 5.32 Å². The number of carbonyl (C=O) groups is 1. The van der Waals surface area contributed by atoms with Crippen LogP contribution in [-0.2, 0) is 26.3 Å². The summed E-state index contributed by atoms with van der Waals surface area (Å²) in [4.78, 5) is 11.6. The van der Waals surface area contributed by atoms with Crippen LogP contribution in [0.25, 0.3) is 0 Å². The number of ether oxygens (including phenoxy) is 2. The standard InChI is InChI=1S/C14H17NO3/c1-14(9-15-13(16)12-8-17-12)11-5-3-2-4-10(11)6-7-18-14/h2-5,12H,6-9H2,1H3,(H,15,16). The highest BCUT2D eigenvalue weighted by Gasteiger charge is 2.36. The van der Waals surface area contributed by atoms with Crippen LogP contribution in [0.3, 0.4) is 0 Å². The average Bonchev–Trinajstić information content (AvgIpc) is 3.21. The Bertz CT molecular complexity index is 470. The molecule has 2 heterocycles. The fraction of sp³-hybridized carbons (Fsp3) is 0.500. The number of nitrogens with one attached hydrogen (secondary N) is 1. The molecule has 0 radical (unpaired) electrons. The Balaban J connectivity index is 1.75. The average molecular weight is 247 g/mol. The van der Waals surface area contributed by atoms with Crippen molar-refractivity contribution in [2.24, 2.45) is 0 Å². The fourth-order valence-electron chi connectivity index (χ4n) is 2.43. The molecule has 0 aromatic heterocycles. The summed E-state index contributed by atoms with van der Waals surface area (Å²) in [6, 6.07) is 8.26. The Morgan fingerprint density at radius 1 is 1.50 bits per heavy atom. The van der Waals surface area contributed by atoms with Crippen LogP contribution >= 0.6 is 0 Å². The highest BCUT2D eigenvalue weighted by atomic mass is 16.6. The van der Waals surface area contributed by atoms with Gasteiger partial charge in [0.15, 0.2) is 6.10 Å². The normalized spacial score (nSPS) is 29.5. The molecule has 3 rings (SSSR count). The first-order chi connectivity index (χ1) is 8.69. The van der Waals surface area contributed by atoms with Gasteiger partial charge in [0.2, 0.25) is 0 Å². The molecule has 4 nitrogen and oxygen atoms in total. The summed E-state index contributed by atoms with van der Waals surface area (Å²) in [5.41, 5.74) is 2.05. The van der Waals surface area contributed by atoms with Crippen LogP contribution in [-0.4, -0.2) is 31.8 Å². The van der Waals surface area contributed by atoms with Crippen molar-refractivity contribution in [3.05, 3.63) is 35.4 Å². The molecule has 1 aromatic carbocycles. The zero-order valence-electron chi connectivity index (χ0n) is 10.4. The van der Waals surface area contributed by atoms with E-state index in [1.54, 1.807) is 0 Å². The minimum absolute atomic E-state index is 0.0390. The number of epoxide rings is 1. The van der Waals surface area contributed by atoms with E-state index in [2.05, 4.69) is 17.4 Å². The Labute approximate surface area is 106 Å². The lowest BCUT2D eigenvalue weighted by atomic mass is 9.87. The zero-order chi connectivity index (χ0) is 12.6. The van der Waals surface area contributed by atoms with Gasteiger partial charge >= 0.3 is 0 Å². The Morgan fingerprint density at radius 3 is 3.06 bits per heavy atom. The Hall–Kier alpha value is -1.39. The van der Waals surface area contributed by atoms with E-state index in [0.717, 1.165) is 6.42 Å². The summed E-state index contributed by atoms with van der Waals surface area (Å²) in [6.07, 6.45) is 0.693. The van der Waals surface area contributed by atoms with Crippen LogP contribution in [0.5, 0.6) is 0 Å². The van der Waals surface area contributed by atoms with Crippen molar-refractivity contribution in [2.45, 2.75) is 25.0 Å². The van der Waals surface area contributed by atoms with Crippen molar-refractivity contribution in [1.29, 1.82) is 0 Å². The van der Waals surface area contributed by atoms with Gasteiger partial charge in [0.05, 0.1) is 19.8 Å². The minimum Gasteiger partial charge on any atom is -0.368 e. The highest BCUT2D eigenvalue weighted by Crippen LogP contribution is 2.32. The monoisotopic (exact) mass is 247 g/mol. The minimum atomic E-state index is -0.431. The number of rotatable bonds is 3. The van der Waals surface area contributed by atoms with Gasteiger partial charge in [0.1, 0.15) is 5.60 Å². The van der Waals surface area contributed by atoms with Crippen LogP contribution in [0.2, 0.25) is 0 Å². The predicted octanol–water partition coefficient (Wildman–Crippen LogP) is 0.989. The van der Waals surface area contributed by atoms with Crippen LogP contribution in [0.15, 0.2) is 24.3 Å². The van der Waals surface area contributed by atoms with Crippen molar-refractivity contribution in [2.75, 3.05) is 19.8 Å². The van der Waals surface area contributed by atoms with Gasteiger partial charge in [-0.1, -0.05) is 24.3 Å². The first-order valence-electron chi connectivity index (χ1n) is 6.31. The Morgan fingerprint density at radius 2 is 2.28 bits per heavy atom. The van der Waals surface area contributed by atoms with E-state index in [1.807, 2.05) is 19.1 Å². The van der Waals surface area contributed by atoms with Crippen molar-refractivity contribution in [3.63, 3.8) is 0 Å². The van der Waals surface area contributed by atoms with E-state index in [1.165, 1.54) is 11.1 Å². The molecule has 18 heavy (non-hydrogen) atoms. The van der Waals surface area contributed by atoms with E-state index >= 15 is 0 Å². The van der Waals surface area contributed by atoms with E-state index in [-0.39, 0.29) is 12.0 Å². The second kappa shape index (κ2) is 4.37. The molecule has 0 bridgehead atoms. The van der Waals surface area contributed by atoms with Gasteiger partial charge in [-0.3, -0.25) is 4.79 Å². The molecule has 1 aromatic rings. The van der Waals surface area contributed by atoms with E-state index in [4.69, 9.17) is 9.47 Å². The number of carbonyl (C=O) groups excluding carboxylic acids is 1. The number of benzene rings is 1. The van der Waals surface area contributed by atoms with Crippen LogP contribution in [0.1, 0.15) is 18.1 Å². The maximum atomic E-state index is 11.6. The predicted molar refractivity (Wildman–Crippen MR) is 66.2 cm³/mol. The third kappa shape index (κ3) is 2.13. The lowest BCUT2D eigenvalue weighted by Crippen LogP contribution is -2.44. The number of fused-ring (bicyclic) bond motifs is 1. The van der Waals surface area contributed by atoms with Gasteiger partial charge in [0, 0.05) is 0 Å². The fourth-order valence-corrected chi connectivity index (χ4v) is 2.43. The lowest BCUT2D eigenvalue weighted by Gasteiger charge is -2.36.